The number of carboxylic acid groups (broad SMARTS) is 1. The van der Waals surface area contributed by atoms with E-state index in [1.165, 1.54) is 11.8 Å². The summed E-state index contributed by atoms with van der Waals surface area (Å²) in [7, 11) is 0. The highest BCUT2D eigenvalue weighted by molar-refractivity contribution is 5.72. The average Bonchev–Trinajstić information content (AvgIpc) is 2.01. The summed E-state index contributed by atoms with van der Waals surface area (Å²) in [6.45, 7) is 1.25. The third-order valence-corrected chi connectivity index (χ3v) is 1.35. The molecule has 0 atom stereocenters. The first-order chi connectivity index (χ1) is 6.06. The van der Waals surface area contributed by atoms with E-state index in [9.17, 15) is 14.7 Å². The molecule has 1 amide bonds. The van der Waals surface area contributed by atoms with Gasteiger partial charge in [0.05, 0.1) is 12.7 Å². The molecule has 0 aromatic heterocycles. The Morgan fingerprint density at radius 2 is 2.15 bits per heavy atom. The Kier molecular flexibility index (Phi) is 5.82. The van der Waals surface area contributed by atoms with E-state index in [0.717, 1.165) is 0 Å². The van der Waals surface area contributed by atoms with E-state index in [0.29, 0.717) is 6.54 Å². The molecule has 13 heavy (non-hydrogen) atoms. The smallest absolute Gasteiger partial charge is 0.216 e. The quantitative estimate of drug-likeness (QED) is 0.438. The number of aliphatic hydroxyl groups is 1. The number of carboxylic acids is 1. The van der Waals surface area contributed by atoms with Crippen molar-refractivity contribution in [1.82, 2.24) is 10.2 Å². The molecular weight excluding hydrogens is 176 g/mol. The van der Waals surface area contributed by atoms with Gasteiger partial charge in [0.2, 0.25) is 5.91 Å². The molecule has 0 rings (SSSR count). The van der Waals surface area contributed by atoms with Gasteiger partial charge < -0.3 is 20.3 Å². The molecule has 0 aliphatic heterocycles. The van der Waals surface area contributed by atoms with Gasteiger partial charge in [0, 0.05) is 26.6 Å². The molecule has 76 valence electrons. The molecule has 6 nitrogen and oxygen atoms in total. The number of nitrogens with one attached hydrogen (secondary N) is 1. The van der Waals surface area contributed by atoms with Crippen molar-refractivity contribution in [2.75, 3.05) is 26.4 Å². The molecule has 0 spiro atoms. The fourth-order valence-corrected chi connectivity index (χ4v) is 0.772. The van der Waals surface area contributed by atoms with Gasteiger partial charge in [-0.15, -0.1) is 0 Å². The summed E-state index contributed by atoms with van der Waals surface area (Å²) in [6.07, 6.45) is 0. The number of carbonyl (C=O) groups is 2. The summed E-state index contributed by atoms with van der Waals surface area (Å²) < 4.78 is 0. The van der Waals surface area contributed by atoms with Gasteiger partial charge in [0.15, 0.2) is 0 Å². The molecule has 0 heterocycles. The lowest BCUT2D eigenvalue weighted by molar-refractivity contribution is -0.306. The third kappa shape index (κ3) is 7.23. The zero-order valence-electron chi connectivity index (χ0n) is 7.45. The largest absolute Gasteiger partial charge is 0.549 e. The van der Waals surface area contributed by atoms with Crippen LogP contribution in [0, 0.1) is 0 Å². The summed E-state index contributed by atoms with van der Waals surface area (Å²) >= 11 is 0. The molecule has 0 saturated heterocycles. The van der Waals surface area contributed by atoms with Crippen LogP contribution in [0.5, 0.6) is 0 Å². The summed E-state index contributed by atoms with van der Waals surface area (Å²) in [6, 6.07) is 0. The molecule has 2 N–H and O–H groups in total. The van der Waals surface area contributed by atoms with E-state index in [-0.39, 0.29) is 25.7 Å². The van der Waals surface area contributed by atoms with Crippen LogP contribution in [0.25, 0.3) is 0 Å². The zero-order chi connectivity index (χ0) is 10.3. The number of aliphatic carboxylic acids is 1. The average molecular weight is 189 g/mol. The standard InChI is InChI=1S/C7H14N2O4/c1-6(11)8-2-3-9(5-10)4-7(12)13/h10H,2-5H2,1H3,(H,8,11)(H,12,13)/p-1. The molecule has 0 bridgehead atoms. The maximum Gasteiger partial charge on any atom is 0.216 e. The molecule has 0 aliphatic carbocycles. The molecule has 0 radical (unpaired) electrons. The summed E-state index contributed by atoms with van der Waals surface area (Å²) in [4.78, 5) is 21.8. The lowest BCUT2D eigenvalue weighted by Gasteiger charge is -2.19. The van der Waals surface area contributed by atoms with E-state index in [2.05, 4.69) is 5.32 Å². The fraction of sp³-hybridized carbons (Fsp3) is 0.714. The van der Waals surface area contributed by atoms with Crippen molar-refractivity contribution in [3.63, 3.8) is 0 Å². The van der Waals surface area contributed by atoms with Gasteiger partial charge in [-0.25, -0.2) is 0 Å². The molecule has 0 unspecified atom stereocenters. The highest BCUT2D eigenvalue weighted by Crippen LogP contribution is 1.82. The second-order valence-corrected chi connectivity index (χ2v) is 2.55. The van der Waals surface area contributed by atoms with Gasteiger partial charge in [-0.1, -0.05) is 0 Å². The maximum absolute atomic E-state index is 10.4. The Hall–Kier alpha value is -1.14. The first-order valence-corrected chi connectivity index (χ1v) is 3.83. The molecule has 6 heteroatoms. The molecule has 0 saturated carbocycles. The first-order valence-electron chi connectivity index (χ1n) is 3.83. The Balaban J connectivity index is 3.59. The van der Waals surface area contributed by atoms with E-state index in [1.807, 2.05) is 0 Å². The number of rotatable bonds is 6. The van der Waals surface area contributed by atoms with Gasteiger partial charge in [-0.2, -0.15) is 0 Å². The topological polar surface area (TPSA) is 92.7 Å². The number of nitrogens with zero attached hydrogens (tertiary/aromatic N) is 1. The summed E-state index contributed by atoms with van der Waals surface area (Å²) in [5.74, 6) is -1.44. The van der Waals surface area contributed by atoms with Crippen molar-refractivity contribution in [2.24, 2.45) is 0 Å². The lowest BCUT2D eigenvalue weighted by atomic mass is 10.5. The van der Waals surface area contributed by atoms with E-state index in [1.54, 1.807) is 0 Å². The van der Waals surface area contributed by atoms with Crippen molar-refractivity contribution < 1.29 is 19.8 Å². The van der Waals surface area contributed by atoms with Crippen LogP contribution in [-0.4, -0.2) is 48.2 Å². The number of aliphatic hydroxyl groups excluding tert-OH is 1. The number of carbonyl (C=O) groups excluding carboxylic acids is 2. The number of amides is 1. The van der Waals surface area contributed by atoms with Gasteiger partial charge in [0.25, 0.3) is 0 Å². The Labute approximate surface area is 76.2 Å². The van der Waals surface area contributed by atoms with Crippen LogP contribution in [0.15, 0.2) is 0 Å². The normalized spacial score (nSPS) is 10.1. The molecule has 0 aliphatic rings. The minimum absolute atomic E-state index is 0.189. The summed E-state index contributed by atoms with van der Waals surface area (Å²) in [5.41, 5.74) is 0. The Morgan fingerprint density at radius 1 is 1.54 bits per heavy atom. The molecule has 0 aromatic rings. The van der Waals surface area contributed by atoms with Crippen molar-refractivity contribution in [3.8, 4) is 0 Å². The van der Waals surface area contributed by atoms with Crippen molar-refractivity contribution >= 4 is 11.9 Å². The fourth-order valence-electron chi connectivity index (χ4n) is 0.772. The molecule has 0 fully saturated rings. The second kappa shape index (κ2) is 6.38. The molecular formula is C7H13N2O4-. The predicted octanol–water partition coefficient (Wildman–Crippen LogP) is -2.88. The number of hydrogen-bond donors (Lipinski definition) is 2. The van der Waals surface area contributed by atoms with Gasteiger partial charge in [0.1, 0.15) is 0 Å². The van der Waals surface area contributed by atoms with E-state index < -0.39 is 5.97 Å². The third-order valence-electron chi connectivity index (χ3n) is 1.35. The van der Waals surface area contributed by atoms with Crippen LogP contribution < -0.4 is 10.4 Å². The van der Waals surface area contributed by atoms with Crippen molar-refractivity contribution in [2.45, 2.75) is 6.92 Å². The number of hydrogen-bond acceptors (Lipinski definition) is 5. The predicted molar refractivity (Wildman–Crippen MR) is 42.3 cm³/mol. The molecule has 0 aromatic carbocycles. The highest BCUT2D eigenvalue weighted by Gasteiger charge is 2.02. The first kappa shape index (κ1) is 11.9. The summed E-state index contributed by atoms with van der Waals surface area (Å²) in [5, 5.41) is 21.3. The van der Waals surface area contributed by atoms with Crippen LogP contribution in [0.1, 0.15) is 6.92 Å². The Morgan fingerprint density at radius 3 is 2.54 bits per heavy atom. The van der Waals surface area contributed by atoms with Crippen LogP contribution >= 0.6 is 0 Å². The van der Waals surface area contributed by atoms with Gasteiger partial charge >= 0.3 is 0 Å². The maximum atomic E-state index is 10.4. The van der Waals surface area contributed by atoms with Crippen LogP contribution in [0.3, 0.4) is 0 Å². The van der Waals surface area contributed by atoms with Crippen molar-refractivity contribution in [3.05, 3.63) is 0 Å². The highest BCUT2D eigenvalue weighted by atomic mass is 16.4. The monoisotopic (exact) mass is 189 g/mol. The van der Waals surface area contributed by atoms with Crippen LogP contribution in [-0.2, 0) is 9.59 Å². The van der Waals surface area contributed by atoms with Crippen LogP contribution in [0.4, 0.5) is 0 Å². The van der Waals surface area contributed by atoms with Gasteiger partial charge in [-0.05, 0) is 0 Å². The zero-order valence-corrected chi connectivity index (χ0v) is 7.45. The van der Waals surface area contributed by atoms with Crippen molar-refractivity contribution in [1.29, 1.82) is 0 Å². The Bertz CT molecular complexity index is 183. The van der Waals surface area contributed by atoms with E-state index in [4.69, 9.17) is 5.11 Å². The van der Waals surface area contributed by atoms with Gasteiger partial charge in [-0.3, -0.25) is 9.69 Å². The van der Waals surface area contributed by atoms with Crippen LogP contribution in [0.2, 0.25) is 0 Å². The lowest BCUT2D eigenvalue weighted by Crippen LogP contribution is -2.42. The SMILES string of the molecule is CC(=O)NCCN(CO)CC(=O)[O-]. The minimum atomic E-state index is -1.25. The van der Waals surface area contributed by atoms with E-state index >= 15 is 0 Å². The second-order valence-electron chi connectivity index (χ2n) is 2.55. The minimum Gasteiger partial charge on any atom is -0.549 e.